The van der Waals surface area contributed by atoms with Gasteiger partial charge >= 0.3 is 6.09 Å². The third-order valence-electron chi connectivity index (χ3n) is 1.63. The van der Waals surface area contributed by atoms with Gasteiger partial charge in [-0.3, -0.25) is 0 Å². The van der Waals surface area contributed by atoms with Crippen molar-refractivity contribution < 1.29 is 9.90 Å². The summed E-state index contributed by atoms with van der Waals surface area (Å²) < 4.78 is 0.766. The Balaban J connectivity index is 2.30. The molecule has 0 unspecified atom stereocenters. The Morgan fingerprint density at radius 1 is 1.50 bits per heavy atom. The van der Waals surface area contributed by atoms with Crippen molar-refractivity contribution in [2.75, 3.05) is 26.5 Å². The molecule has 0 aromatic carbocycles. The number of aromatic nitrogens is 2. The monoisotopic (exact) mass is 261 g/mol. The minimum atomic E-state index is -1.27. The average Bonchev–Trinajstić information content (AvgIpc) is 2.62. The van der Waals surface area contributed by atoms with Crippen LogP contribution < -0.4 is 5.32 Å². The molecule has 1 aromatic rings. The van der Waals surface area contributed by atoms with Crippen molar-refractivity contribution in [3.05, 3.63) is 5.01 Å². The molecule has 89 valence electrons. The molecule has 6 nitrogen and oxygen atoms in total. The maximum absolute atomic E-state index is 10.1. The Bertz CT molecular complexity index is 343. The van der Waals surface area contributed by atoms with Crippen LogP contribution >= 0.6 is 23.1 Å². The van der Waals surface area contributed by atoms with Crippen LogP contribution in [0.1, 0.15) is 5.01 Å². The smallest absolute Gasteiger partial charge is 0.309 e. The number of nitrogens with zero attached hydrogens (tertiary/aromatic N) is 3. The van der Waals surface area contributed by atoms with Gasteiger partial charge in [0.2, 0.25) is 0 Å². The van der Waals surface area contributed by atoms with E-state index in [1.165, 1.54) is 23.1 Å². The molecule has 1 rings (SSSR count). The van der Waals surface area contributed by atoms with Gasteiger partial charge in [0.15, 0.2) is 4.34 Å². The molecule has 1 N–H and O–H groups in total. The predicted molar refractivity (Wildman–Crippen MR) is 62.1 cm³/mol. The van der Waals surface area contributed by atoms with E-state index in [4.69, 9.17) is 0 Å². The van der Waals surface area contributed by atoms with Gasteiger partial charge in [0.1, 0.15) is 5.01 Å². The number of hydrogen-bond acceptors (Lipinski definition) is 6. The molecule has 0 aliphatic rings. The maximum atomic E-state index is 10.1. The van der Waals surface area contributed by atoms with E-state index in [9.17, 15) is 9.90 Å². The molecule has 0 saturated heterocycles. The van der Waals surface area contributed by atoms with Crippen molar-refractivity contribution in [1.29, 1.82) is 0 Å². The first-order valence-electron chi connectivity index (χ1n) is 4.62. The molecule has 0 aliphatic heterocycles. The van der Waals surface area contributed by atoms with Gasteiger partial charge in [0.05, 0.1) is 5.88 Å². The van der Waals surface area contributed by atoms with Crippen LogP contribution in [-0.4, -0.2) is 47.7 Å². The summed E-state index contributed by atoms with van der Waals surface area (Å²) in [6, 6.07) is 0. The van der Waals surface area contributed by atoms with Gasteiger partial charge in [-0.05, 0) is 14.1 Å². The molecular formula is C8H13N4O2S2. The Morgan fingerprint density at radius 3 is 2.88 bits per heavy atom. The summed E-state index contributed by atoms with van der Waals surface area (Å²) >= 11 is 2.79. The lowest BCUT2D eigenvalue weighted by molar-refractivity contribution is 0.170. The third kappa shape index (κ3) is 5.29. The number of rotatable bonds is 6. The highest BCUT2D eigenvalue weighted by atomic mass is 32.2. The van der Waals surface area contributed by atoms with Gasteiger partial charge < -0.3 is 10.2 Å². The number of carbonyl (C=O) groups excluding carboxylic acids is 1. The molecule has 1 amide bonds. The molecule has 0 aliphatic carbocycles. The molecule has 0 saturated carbocycles. The molecule has 0 spiro atoms. The quantitative estimate of drug-likeness (QED) is 0.606. The van der Waals surface area contributed by atoms with Gasteiger partial charge in [-0.15, -0.1) is 10.2 Å². The maximum Gasteiger partial charge on any atom is 0.451 e. The molecule has 16 heavy (non-hydrogen) atoms. The van der Waals surface area contributed by atoms with Crippen LogP contribution in [0.3, 0.4) is 0 Å². The van der Waals surface area contributed by atoms with Gasteiger partial charge in [0, 0.05) is 13.0 Å². The van der Waals surface area contributed by atoms with Crippen LogP contribution in [0.15, 0.2) is 4.34 Å². The van der Waals surface area contributed by atoms with Crippen LogP contribution in [-0.2, 0) is 11.5 Å². The standard InChI is InChI=1S/C8H13N4O2S2/c1-12(2)4-3-6-10-11-8(16-6)15-5-9-7(13)14/h9H,3-5H2,1-2H3. The SMILES string of the molecule is CN(C)CCc1nnc(SCNC([O])=O)s1. The van der Waals surface area contributed by atoms with E-state index in [1.54, 1.807) is 0 Å². The summed E-state index contributed by atoms with van der Waals surface area (Å²) in [5.41, 5.74) is 0. The van der Waals surface area contributed by atoms with Crippen LogP contribution in [0.2, 0.25) is 0 Å². The lowest BCUT2D eigenvalue weighted by atomic mass is 10.4. The van der Waals surface area contributed by atoms with Crippen molar-refractivity contribution in [3.63, 3.8) is 0 Å². The fraction of sp³-hybridized carbons (Fsp3) is 0.625. The zero-order chi connectivity index (χ0) is 12.0. The second-order valence-corrected chi connectivity index (χ2v) is 5.55. The van der Waals surface area contributed by atoms with Crippen molar-refractivity contribution in [2.24, 2.45) is 0 Å². The number of amides is 1. The summed E-state index contributed by atoms with van der Waals surface area (Å²) in [6.45, 7) is 0.927. The van der Waals surface area contributed by atoms with E-state index < -0.39 is 6.09 Å². The zero-order valence-electron chi connectivity index (χ0n) is 9.10. The number of nitrogens with one attached hydrogen (secondary N) is 1. The van der Waals surface area contributed by atoms with E-state index in [-0.39, 0.29) is 5.88 Å². The lowest BCUT2D eigenvalue weighted by Gasteiger charge is -2.05. The Labute approximate surface area is 102 Å². The Morgan fingerprint density at radius 2 is 2.25 bits per heavy atom. The average molecular weight is 261 g/mol. The van der Waals surface area contributed by atoms with Crippen LogP contribution in [0.5, 0.6) is 0 Å². The largest absolute Gasteiger partial charge is 0.451 e. The molecule has 1 heterocycles. The van der Waals surface area contributed by atoms with Crippen LogP contribution in [0.25, 0.3) is 0 Å². The van der Waals surface area contributed by atoms with E-state index in [2.05, 4.69) is 20.4 Å². The minimum absolute atomic E-state index is 0.241. The lowest BCUT2D eigenvalue weighted by Crippen LogP contribution is -2.18. The normalized spacial score (nSPS) is 10.7. The summed E-state index contributed by atoms with van der Waals surface area (Å²) in [6.07, 6.45) is -0.413. The first kappa shape index (κ1) is 13.2. The molecule has 0 fully saturated rings. The van der Waals surface area contributed by atoms with Crippen molar-refractivity contribution in [3.8, 4) is 0 Å². The van der Waals surface area contributed by atoms with E-state index in [0.717, 1.165) is 22.3 Å². The summed E-state index contributed by atoms with van der Waals surface area (Å²) in [4.78, 5) is 12.2. The van der Waals surface area contributed by atoms with Gasteiger partial charge in [-0.25, -0.2) is 9.90 Å². The molecule has 0 atom stereocenters. The first-order valence-corrected chi connectivity index (χ1v) is 6.43. The molecule has 8 heteroatoms. The molecule has 1 aromatic heterocycles. The van der Waals surface area contributed by atoms with Gasteiger partial charge in [-0.1, -0.05) is 23.1 Å². The fourth-order valence-corrected chi connectivity index (χ4v) is 2.54. The van der Waals surface area contributed by atoms with Crippen LogP contribution in [0.4, 0.5) is 4.79 Å². The topological polar surface area (TPSA) is 78.0 Å². The number of carbonyl (C=O) groups is 1. The summed E-state index contributed by atoms with van der Waals surface area (Å²) in [5.74, 6) is 0.241. The fourth-order valence-electron chi connectivity index (χ4n) is 0.874. The second kappa shape index (κ2) is 6.66. The highest BCUT2D eigenvalue weighted by molar-refractivity contribution is 8.00. The second-order valence-electron chi connectivity index (χ2n) is 3.27. The highest BCUT2D eigenvalue weighted by Crippen LogP contribution is 2.21. The van der Waals surface area contributed by atoms with E-state index in [0.29, 0.717) is 0 Å². The Kier molecular flexibility index (Phi) is 5.50. The highest BCUT2D eigenvalue weighted by Gasteiger charge is 2.06. The van der Waals surface area contributed by atoms with Crippen molar-refractivity contribution >= 4 is 29.2 Å². The predicted octanol–water partition coefficient (Wildman–Crippen LogP) is 0.832. The zero-order valence-corrected chi connectivity index (χ0v) is 10.7. The third-order valence-corrected chi connectivity index (χ3v) is 3.63. The summed E-state index contributed by atoms with van der Waals surface area (Å²) in [5, 5.41) is 21.2. The minimum Gasteiger partial charge on any atom is -0.309 e. The van der Waals surface area contributed by atoms with Crippen LogP contribution in [0, 0.1) is 0 Å². The first-order chi connectivity index (χ1) is 7.58. The molecule has 1 radical (unpaired) electrons. The Hall–Kier alpha value is -0.860. The molecular weight excluding hydrogens is 248 g/mol. The molecule has 0 bridgehead atoms. The summed E-state index contributed by atoms with van der Waals surface area (Å²) in [7, 11) is 4.00. The number of likely N-dealkylation sites (N-methyl/N-ethyl adjacent to an activating group) is 1. The van der Waals surface area contributed by atoms with Crippen molar-refractivity contribution in [1.82, 2.24) is 20.4 Å². The van der Waals surface area contributed by atoms with Gasteiger partial charge in [-0.2, -0.15) is 0 Å². The van der Waals surface area contributed by atoms with Crippen molar-refractivity contribution in [2.45, 2.75) is 10.8 Å². The van der Waals surface area contributed by atoms with E-state index >= 15 is 0 Å². The van der Waals surface area contributed by atoms with Gasteiger partial charge in [0.25, 0.3) is 0 Å². The number of hydrogen-bond donors (Lipinski definition) is 1. The van der Waals surface area contributed by atoms with E-state index in [1.807, 2.05) is 14.1 Å². The number of thioether (sulfide) groups is 1.